The van der Waals surface area contributed by atoms with E-state index in [9.17, 15) is 0 Å². The van der Waals surface area contributed by atoms with Gasteiger partial charge >= 0.3 is 0 Å². The smallest absolute Gasteiger partial charge is 0.155 e. The fourth-order valence-electron chi connectivity index (χ4n) is 3.28. The summed E-state index contributed by atoms with van der Waals surface area (Å²) < 4.78 is 5.34. The molecule has 0 spiro atoms. The van der Waals surface area contributed by atoms with E-state index in [1.165, 1.54) is 26.3 Å². The molecule has 1 nitrogen and oxygen atoms in total. The summed E-state index contributed by atoms with van der Waals surface area (Å²) in [5.74, 6) is 0.899. The highest BCUT2D eigenvalue weighted by Crippen LogP contribution is 2.13. The van der Waals surface area contributed by atoms with Gasteiger partial charge in [-0.2, -0.15) is 0 Å². The van der Waals surface area contributed by atoms with E-state index in [4.69, 9.17) is 4.74 Å². The summed E-state index contributed by atoms with van der Waals surface area (Å²) in [7, 11) is 0.629. The van der Waals surface area contributed by atoms with E-state index in [2.05, 4.69) is 97.1 Å². The summed E-state index contributed by atoms with van der Waals surface area (Å²) in [5.41, 5.74) is 0. The molecule has 121 valence electrons. The monoisotopic (exact) mass is 339 g/mol. The van der Waals surface area contributed by atoms with Crippen LogP contribution in [0.5, 0.6) is 5.75 Å². The Morgan fingerprint density at radius 1 is 0.600 bits per heavy atom. The molecule has 0 fully saturated rings. The Morgan fingerprint density at radius 3 is 2.00 bits per heavy atom. The largest absolute Gasteiger partial charge is 0.497 e. The van der Waals surface area contributed by atoms with Gasteiger partial charge in [0.25, 0.3) is 0 Å². The molecule has 2 heteroatoms. The molecule has 0 saturated heterocycles. The van der Waals surface area contributed by atoms with Gasteiger partial charge in [0.2, 0.25) is 0 Å². The molecular weight excluding hydrogens is 320 g/mol. The predicted octanol–water partition coefficient (Wildman–Crippen LogP) is 3.36. The Balaban J connectivity index is 1.93. The van der Waals surface area contributed by atoms with E-state index in [1.807, 2.05) is 0 Å². The second-order valence-corrected chi connectivity index (χ2v) is 8.44. The van der Waals surface area contributed by atoms with Crippen molar-refractivity contribution in [2.75, 3.05) is 7.11 Å². The van der Waals surface area contributed by atoms with Crippen molar-refractivity contribution in [3.8, 4) is 5.75 Å². The standard InChI is InChI=1S/C23H19OSi/c1-24-19-14-16-21(17-15-19)25(20-10-3-2-4-11-20)23-13-7-9-18-8-5-6-12-22(18)23/h2-17H,1H3. The highest BCUT2D eigenvalue weighted by Gasteiger charge is 2.21. The maximum atomic E-state index is 5.34. The minimum atomic E-state index is -1.08. The van der Waals surface area contributed by atoms with Gasteiger partial charge in [0.05, 0.1) is 7.11 Å². The fraction of sp³-hybridized carbons (Fsp3) is 0.0435. The second kappa shape index (κ2) is 6.95. The quantitative estimate of drug-likeness (QED) is 0.409. The van der Waals surface area contributed by atoms with E-state index in [0.717, 1.165) is 5.75 Å². The number of hydrogen-bond donors (Lipinski definition) is 0. The maximum absolute atomic E-state index is 5.34. The van der Waals surface area contributed by atoms with Gasteiger partial charge in [-0.05, 0) is 28.1 Å². The molecular formula is C23H19OSi. The lowest BCUT2D eigenvalue weighted by atomic mass is 10.1. The Morgan fingerprint density at radius 2 is 1.24 bits per heavy atom. The molecule has 0 aliphatic carbocycles. The van der Waals surface area contributed by atoms with E-state index < -0.39 is 8.80 Å². The number of benzene rings is 4. The molecule has 0 atom stereocenters. The Bertz CT molecular complexity index is 972. The van der Waals surface area contributed by atoms with Gasteiger partial charge in [-0.3, -0.25) is 0 Å². The summed E-state index contributed by atoms with van der Waals surface area (Å²) >= 11 is 0. The molecule has 0 N–H and O–H groups in total. The number of rotatable bonds is 4. The molecule has 0 unspecified atom stereocenters. The first-order chi connectivity index (χ1) is 12.4. The third-order valence-electron chi connectivity index (χ3n) is 4.50. The van der Waals surface area contributed by atoms with Crippen LogP contribution in [0.1, 0.15) is 0 Å². The van der Waals surface area contributed by atoms with Crippen LogP contribution in [0.4, 0.5) is 0 Å². The molecule has 0 aliphatic heterocycles. The van der Waals surface area contributed by atoms with Crippen LogP contribution in [0.25, 0.3) is 10.8 Å². The van der Waals surface area contributed by atoms with Crippen LogP contribution >= 0.6 is 0 Å². The van der Waals surface area contributed by atoms with Crippen LogP contribution in [0.2, 0.25) is 0 Å². The number of hydrogen-bond acceptors (Lipinski definition) is 1. The van der Waals surface area contributed by atoms with Crippen molar-refractivity contribution >= 4 is 35.1 Å². The summed E-state index contributed by atoms with van der Waals surface area (Å²) in [5, 5.41) is 6.84. The lowest BCUT2D eigenvalue weighted by Crippen LogP contribution is -2.52. The van der Waals surface area contributed by atoms with Gasteiger partial charge in [0.1, 0.15) is 5.75 Å². The summed E-state index contributed by atoms with van der Waals surface area (Å²) in [4.78, 5) is 0. The van der Waals surface area contributed by atoms with Crippen molar-refractivity contribution in [3.63, 3.8) is 0 Å². The van der Waals surface area contributed by atoms with Crippen LogP contribution in [0, 0.1) is 0 Å². The third kappa shape index (κ3) is 3.09. The van der Waals surface area contributed by atoms with Gasteiger partial charge in [-0.1, -0.05) is 95.3 Å². The first kappa shape index (κ1) is 15.7. The van der Waals surface area contributed by atoms with Crippen LogP contribution < -0.4 is 20.3 Å². The molecule has 1 radical (unpaired) electrons. The molecule has 4 aromatic rings. The Kier molecular flexibility index (Phi) is 4.36. The van der Waals surface area contributed by atoms with Crippen molar-refractivity contribution in [1.29, 1.82) is 0 Å². The lowest BCUT2D eigenvalue weighted by molar-refractivity contribution is 0.415. The average molecular weight is 339 g/mol. The summed E-state index contributed by atoms with van der Waals surface area (Å²) in [6, 6.07) is 34.7. The molecule has 4 aromatic carbocycles. The molecule has 0 aliphatic rings. The minimum Gasteiger partial charge on any atom is -0.497 e. The SMILES string of the molecule is COc1ccc([Si](c2ccccc2)c2cccc3ccccc23)cc1. The molecule has 0 aromatic heterocycles. The van der Waals surface area contributed by atoms with Crippen LogP contribution in [0.3, 0.4) is 0 Å². The van der Waals surface area contributed by atoms with Crippen molar-refractivity contribution in [2.24, 2.45) is 0 Å². The summed E-state index contributed by atoms with van der Waals surface area (Å²) in [6.45, 7) is 0. The van der Waals surface area contributed by atoms with Crippen molar-refractivity contribution in [1.82, 2.24) is 0 Å². The number of methoxy groups -OCH3 is 1. The van der Waals surface area contributed by atoms with Crippen LogP contribution in [0.15, 0.2) is 97.1 Å². The normalized spacial score (nSPS) is 11.0. The van der Waals surface area contributed by atoms with Crippen molar-refractivity contribution in [3.05, 3.63) is 97.1 Å². The second-order valence-electron chi connectivity index (χ2n) is 6.00. The van der Waals surface area contributed by atoms with Gasteiger partial charge in [-0.25, -0.2) is 0 Å². The number of fused-ring (bicyclic) bond motifs is 1. The third-order valence-corrected chi connectivity index (χ3v) is 7.30. The number of ether oxygens (including phenoxy) is 1. The highest BCUT2D eigenvalue weighted by molar-refractivity contribution is 6.96. The van der Waals surface area contributed by atoms with Gasteiger partial charge < -0.3 is 4.74 Å². The van der Waals surface area contributed by atoms with Gasteiger partial charge in [-0.15, -0.1) is 0 Å². The van der Waals surface area contributed by atoms with Crippen LogP contribution in [-0.2, 0) is 0 Å². The zero-order valence-electron chi connectivity index (χ0n) is 14.1. The molecule has 0 bridgehead atoms. The van der Waals surface area contributed by atoms with Crippen molar-refractivity contribution in [2.45, 2.75) is 0 Å². The first-order valence-electron chi connectivity index (χ1n) is 8.42. The van der Waals surface area contributed by atoms with Crippen LogP contribution in [-0.4, -0.2) is 15.9 Å². The Hall–Kier alpha value is -2.84. The molecule has 0 heterocycles. The average Bonchev–Trinajstić information content (AvgIpc) is 2.70. The van der Waals surface area contributed by atoms with E-state index in [-0.39, 0.29) is 0 Å². The Labute approximate surface area is 150 Å². The maximum Gasteiger partial charge on any atom is 0.155 e. The fourth-order valence-corrected chi connectivity index (χ4v) is 6.02. The zero-order valence-corrected chi connectivity index (χ0v) is 15.1. The van der Waals surface area contributed by atoms with Gasteiger partial charge in [0, 0.05) is 0 Å². The first-order valence-corrected chi connectivity index (χ1v) is 9.92. The molecule has 0 saturated carbocycles. The van der Waals surface area contributed by atoms with E-state index in [1.54, 1.807) is 7.11 Å². The van der Waals surface area contributed by atoms with E-state index in [0.29, 0.717) is 0 Å². The molecule has 25 heavy (non-hydrogen) atoms. The predicted molar refractivity (Wildman–Crippen MR) is 108 cm³/mol. The topological polar surface area (TPSA) is 9.23 Å². The minimum absolute atomic E-state index is 0.899. The molecule has 0 amide bonds. The highest BCUT2D eigenvalue weighted by atomic mass is 28.3. The van der Waals surface area contributed by atoms with Gasteiger partial charge in [0.15, 0.2) is 8.80 Å². The zero-order chi connectivity index (χ0) is 17.1. The van der Waals surface area contributed by atoms with Crippen molar-refractivity contribution < 1.29 is 4.74 Å². The summed E-state index contributed by atoms with van der Waals surface area (Å²) in [6.07, 6.45) is 0. The lowest BCUT2D eigenvalue weighted by Gasteiger charge is -2.19. The molecule has 4 rings (SSSR count). The van der Waals surface area contributed by atoms with E-state index >= 15 is 0 Å².